The van der Waals surface area contributed by atoms with Gasteiger partial charge in [0.1, 0.15) is 12.2 Å². The van der Waals surface area contributed by atoms with Crippen LogP contribution in [0.2, 0.25) is 0 Å². The molecule has 0 aliphatic rings. The molecule has 24 heavy (non-hydrogen) atoms. The van der Waals surface area contributed by atoms with E-state index in [1.54, 1.807) is 29.4 Å². The van der Waals surface area contributed by atoms with Crippen LogP contribution in [-0.4, -0.2) is 51.2 Å². The van der Waals surface area contributed by atoms with E-state index >= 15 is 0 Å². The molecule has 8 heteroatoms. The van der Waals surface area contributed by atoms with Gasteiger partial charge in [-0.15, -0.1) is 11.3 Å². The van der Waals surface area contributed by atoms with Gasteiger partial charge in [-0.05, 0) is 0 Å². The molecule has 0 amide bonds. The molecule has 0 bridgehead atoms. The highest BCUT2D eigenvalue weighted by Gasteiger charge is 2.17. The van der Waals surface area contributed by atoms with Crippen molar-refractivity contribution >= 4 is 17.3 Å². The first-order valence-electron chi connectivity index (χ1n) is 8.01. The third-order valence-electron chi connectivity index (χ3n) is 3.70. The van der Waals surface area contributed by atoms with Crippen LogP contribution in [0.25, 0.3) is 0 Å². The second-order valence-corrected chi connectivity index (χ2v) is 7.70. The first-order chi connectivity index (χ1) is 11.3. The van der Waals surface area contributed by atoms with Gasteiger partial charge in [-0.2, -0.15) is 5.10 Å². The van der Waals surface area contributed by atoms with E-state index < -0.39 is 0 Å². The molecule has 0 atom stereocenters. The molecule has 132 valence electrons. The number of aryl methyl sites for hydroxylation is 1. The Morgan fingerprint density at radius 1 is 1.42 bits per heavy atom. The third-order valence-corrected chi connectivity index (χ3v) is 4.61. The minimum absolute atomic E-state index is 0.106. The quantitative estimate of drug-likeness (QED) is 0.658. The van der Waals surface area contributed by atoms with E-state index in [9.17, 15) is 0 Å². The smallest absolute Gasteiger partial charge is 0.193 e. The molecule has 2 heterocycles. The SMILES string of the molecule is CN=C(NCCc1nc(C(C)(C)C)cs1)N(C)Cc1ncnn1C. The number of aromatic nitrogens is 4. The van der Waals surface area contributed by atoms with Gasteiger partial charge < -0.3 is 10.2 Å². The van der Waals surface area contributed by atoms with Gasteiger partial charge >= 0.3 is 0 Å². The molecule has 0 fully saturated rings. The van der Waals surface area contributed by atoms with Crippen molar-refractivity contribution in [3.05, 3.63) is 28.2 Å². The number of thiazole rings is 1. The zero-order valence-corrected chi connectivity index (χ0v) is 16.2. The Hall–Kier alpha value is -1.96. The van der Waals surface area contributed by atoms with Crippen LogP contribution >= 0.6 is 11.3 Å². The molecule has 2 rings (SSSR count). The zero-order chi connectivity index (χ0) is 17.7. The van der Waals surface area contributed by atoms with Crippen molar-refractivity contribution in [2.75, 3.05) is 20.6 Å². The summed E-state index contributed by atoms with van der Waals surface area (Å²) < 4.78 is 1.77. The predicted molar refractivity (Wildman–Crippen MR) is 98.3 cm³/mol. The maximum absolute atomic E-state index is 4.72. The Morgan fingerprint density at radius 3 is 2.71 bits per heavy atom. The molecule has 0 aliphatic heterocycles. The number of guanidine groups is 1. The lowest BCUT2D eigenvalue weighted by Gasteiger charge is -2.21. The summed E-state index contributed by atoms with van der Waals surface area (Å²) in [5.41, 5.74) is 1.26. The van der Waals surface area contributed by atoms with Crippen LogP contribution in [0, 0.1) is 0 Å². The monoisotopic (exact) mass is 349 g/mol. The Labute approximate surface area is 147 Å². The number of aliphatic imine (C=N–C) groups is 1. The Kier molecular flexibility index (Phi) is 5.93. The van der Waals surface area contributed by atoms with Gasteiger partial charge in [-0.25, -0.2) is 9.97 Å². The standard InChI is InChI=1S/C16H27N7S/c1-16(2,3)12-10-24-14(21-12)7-8-18-15(17-4)22(5)9-13-19-11-20-23(13)6/h10-11H,7-9H2,1-6H3,(H,17,18). The summed E-state index contributed by atoms with van der Waals surface area (Å²) in [4.78, 5) is 15.3. The summed E-state index contributed by atoms with van der Waals surface area (Å²) in [6.07, 6.45) is 2.45. The van der Waals surface area contributed by atoms with Crippen LogP contribution in [-0.2, 0) is 25.4 Å². The van der Waals surface area contributed by atoms with Gasteiger partial charge in [-0.3, -0.25) is 9.67 Å². The van der Waals surface area contributed by atoms with Crippen molar-refractivity contribution in [1.82, 2.24) is 30.0 Å². The van der Waals surface area contributed by atoms with Gasteiger partial charge in [0.25, 0.3) is 0 Å². The molecular formula is C16H27N7S. The predicted octanol–water partition coefficient (Wildman–Crippen LogP) is 1.82. The van der Waals surface area contributed by atoms with Gasteiger partial charge in [0, 0.05) is 44.9 Å². The highest BCUT2D eigenvalue weighted by molar-refractivity contribution is 7.09. The maximum atomic E-state index is 4.72. The van der Waals surface area contributed by atoms with Gasteiger partial charge in [0.2, 0.25) is 0 Å². The van der Waals surface area contributed by atoms with Crippen molar-refractivity contribution in [1.29, 1.82) is 0 Å². The molecule has 2 aromatic rings. The lowest BCUT2D eigenvalue weighted by Crippen LogP contribution is -2.39. The third kappa shape index (κ3) is 4.77. The number of nitrogens with one attached hydrogen (secondary N) is 1. The van der Waals surface area contributed by atoms with Crippen LogP contribution in [0.15, 0.2) is 16.7 Å². The van der Waals surface area contributed by atoms with Crippen molar-refractivity contribution < 1.29 is 0 Å². The average molecular weight is 350 g/mol. The van der Waals surface area contributed by atoms with E-state index in [1.807, 2.05) is 19.0 Å². The molecule has 0 spiro atoms. The van der Waals surface area contributed by atoms with Crippen LogP contribution in [0.3, 0.4) is 0 Å². The van der Waals surface area contributed by atoms with Crippen LogP contribution in [0.5, 0.6) is 0 Å². The fraction of sp³-hybridized carbons (Fsp3) is 0.625. The molecule has 0 aromatic carbocycles. The normalized spacial score (nSPS) is 12.5. The lowest BCUT2D eigenvalue weighted by atomic mass is 9.93. The molecule has 7 nitrogen and oxygen atoms in total. The fourth-order valence-electron chi connectivity index (χ4n) is 2.19. The summed E-state index contributed by atoms with van der Waals surface area (Å²) in [6, 6.07) is 0. The number of hydrogen-bond donors (Lipinski definition) is 1. The molecule has 0 aliphatic carbocycles. The van der Waals surface area contributed by atoms with Gasteiger partial charge in [-0.1, -0.05) is 20.8 Å². The van der Waals surface area contributed by atoms with Crippen LogP contribution in [0.1, 0.15) is 37.3 Å². The molecule has 0 unspecified atom stereocenters. The fourth-order valence-corrected chi connectivity index (χ4v) is 3.21. The Balaban J connectivity index is 1.85. The average Bonchev–Trinajstić information content (AvgIpc) is 3.13. The van der Waals surface area contributed by atoms with Crippen molar-refractivity contribution in [3.63, 3.8) is 0 Å². The Bertz CT molecular complexity index is 681. The second-order valence-electron chi connectivity index (χ2n) is 6.76. The van der Waals surface area contributed by atoms with Crippen molar-refractivity contribution in [2.45, 2.75) is 39.2 Å². The maximum Gasteiger partial charge on any atom is 0.193 e. The summed E-state index contributed by atoms with van der Waals surface area (Å²) >= 11 is 1.72. The highest BCUT2D eigenvalue weighted by atomic mass is 32.1. The van der Waals surface area contributed by atoms with Crippen LogP contribution < -0.4 is 5.32 Å². The first kappa shape index (κ1) is 18.4. The second kappa shape index (κ2) is 7.74. The van der Waals surface area contributed by atoms with Crippen LogP contribution in [0.4, 0.5) is 0 Å². The number of nitrogens with zero attached hydrogens (tertiary/aromatic N) is 6. The molecule has 0 radical (unpaired) electrons. The number of rotatable bonds is 5. The van der Waals surface area contributed by atoms with E-state index in [0.29, 0.717) is 6.54 Å². The van der Waals surface area contributed by atoms with E-state index in [4.69, 9.17) is 4.98 Å². The lowest BCUT2D eigenvalue weighted by molar-refractivity contribution is 0.449. The molecular weight excluding hydrogens is 322 g/mol. The Morgan fingerprint density at radius 2 is 2.17 bits per heavy atom. The first-order valence-corrected chi connectivity index (χ1v) is 8.88. The molecule has 2 aromatic heterocycles. The highest BCUT2D eigenvalue weighted by Crippen LogP contribution is 2.23. The molecule has 0 saturated carbocycles. The topological polar surface area (TPSA) is 71.2 Å². The summed E-state index contributed by atoms with van der Waals surface area (Å²) in [7, 11) is 5.67. The molecule has 0 saturated heterocycles. The minimum Gasteiger partial charge on any atom is -0.356 e. The summed E-state index contributed by atoms with van der Waals surface area (Å²) in [6.45, 7) is 8.02. The van der Waals surface area contributed by atoms with E-state index in [2.05, 4.69) is 46.5 Å². The number of hydrogen-bond acceptors (Lipinski definition) is 5. The van der Waals surface area contributed by atoms with E-state index in [0.717, 1.165) is 35.5 Å². The zero-order valence-electron chi connectivity index (χ0n) is 15.4. The largest absolute Gasteiger partial charge is 0.356 e. The van der Waals surface area contributed by atoms with Crippen molar-refractivity contribution in [3.8, 4) is 0 Å². The minimum atomic E-state index is 0.106. The molecule has 1 N–H and O–H groups in total. The summed E-state index contributed by atoms with van der Waals surface area (Å²) in [5, 5.41) is 10.8. The van der Waals surface area contributed by atoms with Crippen molar-refractivity contribution in [2.24, 2.45) is 12.0 Å². The van der Waals surface area contributed by atoms with Gasteiger partial charge in [0.05, 0.1) is 17.2 Å². The van der Waals surface area contributed by atoms with E-state index in [-0.39, 0.29) is 5.41 Å². The van der Waals surface area contributed by atoms with Gasteiger partial charge in [0.15, 0.2) is 5.96 Å². The van der Waals surface area contributed by atoms with E-state index in [1.165, 1.54) is 0 Å². The summed E-state index contributed by atoms with van der Waals surface area (Å²) in [5.74, 6) is 1.74.